The monoisotopic (exact) mass is 364 g/mol. The number of carbonyl (C=O) groups is 1. The Morgan fingerprint density at radius 3 is 2.36 bits per heavy atom. The van der Waals surface area contributed by atoms with E-state index in [9.17, 15) is 9.90 Å². The zero-order chi connectivity index (χ0) is 18.3. The van der Waals surface area contributed by atoms with Crippen LogP contribution in [0.5, 0.6) is 0 Å². The summed E-state index contributed by atoms with van der Waals surface area (Å²) in [7, 11) is 0. The van der Waals surface area contributed by atoms with E-state index in [0.29, 0.717) is 0 Å². The third-order valence-electron chi connectivity index (χ3n) is 4.82. The SMILES string of the molecule is CCCCCCCCC(CC)CSC(CC(=O)O)Cc1ccccc1. The second kappa shape index (κ2) is 14.2. The van der Waals surface area contributed by atoms with Crippen molar-refractivity contribution in [3.05, 3.63) is 35.9 Å². The first-order valence-corrected chi connectivity index (χ1v) is 11.1. The molecule has 1 aromatic carbocycles. The first-order valence-electron chi connectivity index (χ1n) is 10.0. The largest absolute Gasteiger partial charge is 0.481 e. The lowest BCUT2D eigenvalue weighted by Gasteiger charge is -2.19. The lowest BCUT2D eigenvalue weighted by atomic mass is 10.00. The Labute approximate surface area is 158 Å². The van der Waals surface area contributed by atoms with Crippen LogP contribution in [0.15, 0.2) is 30.3 Å². The van der Waals surface area contributed by atoms with E-state index in [-0.39, 0.29) is 11.7 Å². The highest BCUT2D eigenvalue weighted by atomic mass is 32.2. The summed E-state index contributed by atoms with van der Waals surface area (Å²) in [6.07, 6.45) is 11.7. The molecule has 1 aromatic rings. The van der Waals surface area contributed by atoms with Crippen LogP contribution in [0.25, 0.3) is 0 Å². The predicted molar refractivity (Wildman–Crippen MR) is 110 cm³/mol. The lowest BCUT2D eigenvalue weighted by molar-refractivity contribution is -0.136. The van der Waals surface area contributed by atoms with Crippen molar-refractivity contribution in [2.45, 2.75) is 83.3 Å². The molecule has 0 aliphatic heterocycles. The van der Waals surface area contributed by atoms with E-state index in [1.807, 2.05) is 30.0 Å². The van der Waals surface area contributed by atoms with Gasteiger partial charge in [-0.15, -0.1) is 0 Å². The minimum absolute atomic E-state index is 0.179. The fourth-order valence-electron chi connectivity index (χ4n) is 3.15. The number of rotatable bonds is 15. The summed E-state index contributed by atoms with van der Waals surface area (Å²) in [5, 5.41) is 9.39. The van der Waals surface area contributed by atoms with E-state index < -0.39 is 5.97 Å². The molecule has 25 heavy (non-hydrogen) atoms. The van der Waals surface area contributed by atoms with Crippen molar-refractivity contribution >= 4 is 17.7 Å². The molecule has 142 valence electrons. The summed E-state index contributed by atoms with van der Waals surface area (Å²) in [6, 6.07) is 10.3. The third kappa shape index (κ3) is 11.3. The van der Waals surface area contributed by atoms with Crippen molar-refractivity contribution in [3.63, 3.8) is 0 Å². The molecule has 2 atom stereocenters. The molecule has 0 amide bonds. The first-order chi connectivity index (χ1) is 12.2. The Bertz CT molecular complexity index is 447. The molecule has 3 heteroatoms. The van der Waals surface area contributed by atoms with Crippen molar-refractivity contribution in [1.29, 1.82) is 0 Å². The van der Waals surface area contributed by atoms with Gasteiger partial charge in [0.05, 0.1) is 6.42 Å². The maximum Gasteiger partial charge on any atom is 0.304 e. The second-order valence-corrected chi connectivity index (χ2v) is 8.41. The Morgan fingerprint density at radius 1 is 1.04 bits per heavy atom. The van der Waals surface area contributed by atoms with E-state index in [2.05, 4.69) is 26.0 Å². The van der Waals surface area contributed by atoms with E-state index >= 15 is 0 Å². The highest BCUT2D eigenvalue weighted by Crippen LogP contribution is 2.26. The number of aliphatic carboxylic acids is 1. The number of hydrogen-bond acceptors (Lipinski definition) is 2. The van der Waals surface area contributed by atoms with Gasteiger partial charge in [0.2, 0.25) is 0 Å². The average Bonchev–Trinajstić information content (AvgIpc) is 2.60. The highest BCUT2D eigenvalue weighted by molar-refractivity contribution is 7.99. The second-order valence-electron chi connectivity index (χ2n) is 7.07. The van der Waals surface area contributed by atoms with Crippen LogP contribution in [0.2, 0.25) is 0 Å². The summed E-state index contributed by atoms with van der Waals surface area (Å²) in [5.74, 6) is 1.14. The van der Waals surface area contributed by atoms with Crippen molar-refractivity contribution in [1.82, 2.24) is 0 Å². The van der Waals surface area contributed by atoms with Gasteiger partial charge >= 0.3 is 5.97 Å². The van der Waals surface area contributed by atoms with Crippen molar-refractivity contribution in [2.24, 2.45) is 5.92 Å². The zero-order valence-electron chi connectivity index (χ0n) is 16.1. The molecule has 2 unspecified atom stereocenters. The molecule has 0 aromatic heterocycles. The number of unbranched alkanes of at least 4 members (excludes halogenated alkanes) is 5. The molecule has 1 N–H and O–H groups in total. The van der Waals surface area contributed by atoms with Gasteiger partial charge in [0, 0.05) is 5.25 Å². The number of carboxylic acid groups (broad SMARTS) is 1. The maximum absolute atomic E-state index is 11.2. The van der Waals surface area contributed by atoms with Gasteiger partial charge < -0.3 is 5.11 Å². The Balaban J connectivity index is 2.35. The lowest BCUT2D eigenvalue weighted by Crippen LogP contribution is -2.16. The molecule has 2 nitrogen and oxygen atoms in total. The van der Waals surface area contributed by atoms with Gasteiger partial charge in [-0.25, -0.2) is 0 Å². The Kier molecular flexibility index (Phi) is 12.6. The predicted octanol–water partition coefficient (Wildman–Crippen LogP) is 6.58. The molecule has 0 heterocycles. The van der Waals surface area contributed by atoms with Gasteiger partial charge in [-0.2, -0.15) is 11.8 Å². The summed E-state index contributed by atoms with van der Waals surface area (Å²) >= 11 is 1.87. The van der Waals surface area contributed by atoms with Crippen molar-refractivity contribution < 1.29 is 9.90 Å². The van der Waals surface area contributed by atoms with Crippen LogP contribution in [0.1, 0.15) is 77.2 Å². The third-order valence-corrected chi connectivity index (χ3v) is 6.29. The molecule has 0 radical (unpaired) electrons. The first kappa shape index (κ1) is 22.1. The summed E-state index contributed by atoms with van der Waals surface area (Å²) in [5.41, 5.74) is 1.24. The maximum atomic E-state index is 11.2. The number of hydrogen-bond donors (Lipinski definition) is 1. The molecule has 0 spiro atoms. The fourth-order valence-corrected chi connectivity index (χ4v) is 4.67. The summed E-state index contributed by atoms with van der Waals surface area (Å²) < 4.78 is 0. The number of thioether (sulfide) groups is 1. The molecular formula is C22H36O2S. The molecular weight excluding hydrogens is 328 g/mol. The molecule has 0 fully saturated rings. The van der Waals surface area contributed by atoms with Gasteiger partial charge in [-0.3, -0.25) is 4.79 Å². The zero-order valence-corrected chi connectivity index (χ0v) is 16.9. The van der Waals surface area contributed by atoms with Crippen LogP contribution in [-0.4, -0.2) is 22.1 Å². The molecule has 0 saturated heterocycles. The van der Waals surface area contributed by atoms with E-state index in [1.165, 1.54) is 56.9 Å². The fraction of sp³-hybridized carbons (Fsp3) is 0.682. The van der Waals surface area contributed by atoms with Gasteiger partial charge in [-0.1, -0.05) is 89.1 Å². The molecule has 1 rings (SSSR count). The van der Waals surface area contributed by atoms with Crippen LogP contribution >= 0.6 is 11.8 Å². The minimum Gasteiger partial charge on any atom is -0.481 e. The smallest absolute Gasteiger partial charge is 0.304 e. The number of benzene rings is 1. The van der Waals surface area contributed by atoms with E-state index in [0.717, 1.165) is 18.1 Å². The minimum atomic E-state index is -0.683. The van der Waals surface area contributed by atoms with Gasteiger partial charge in [-0.05, 0) is 30.1 Å². The Hall–Kier alpha value is -0.960. The molecule has 0 aliphatic carbocycles. The highest BCUT2D eigenvalue weighted by Gasteiger charge is 2.17. The number of carboxylic acids is 1. The standard InChI is InChI=1S/C22H36O2S/c1-3-5-6-7-8-10-13-19(4-2)18-25-21(17-22(23)24)16-20-14-11-9-12-15-20/h9,11-12,14-15,19,21H,3-8,10,13,16-18H2,1-2H3,(H,23,24). The molecule has 0 saturated carbocycles. The van der Waals surface area contributed by atoms with Crippen LogP contribution in [-0.2, 0) is 11.2 Å². The van der Waals surface area contributed by atoms with Crippen LogP contribution in [0.4, 0.5) is 0 Å². The quantitative estimate of drug-likeness (QED) is 0.357. The average molecular weight is 365 g/mol. The van der Waals surface area contributed by atoms with E-state index in [1.54, 1.807) is 0 Å². The molecule has 0 bridgehead atoms. The Morgan fingerprint density at radius 2 is 1.72 bits per heavy atom. The summed E-state index contributed by atoms with van der Waals surface area (Å²) in [6.45, 7) is 4.53. The van der Waals surface area contributed by atoms with Gasteiger partial charge in [0.15, 0.2) is 0 Å². The van der Waals surface area contributed by atoms with Crippen molar-refractivity contribution in [2.75, 3.05) is 5.75 Å². The van der Waals surface area contributed by atoms with Gasteiger partial charge in [0.1, 0.15) is 0 Å². The van der Waals surface area contributed by atoms with Gasteiger partial charge in [0.25, 0.3) is 0 Å². The normalized spacial score (nSPS) is 13.5. The van der Waals surface area contributed by atoms with E-state index in [4.69, 9.17) is 0 Å². The van der Waals surface area contributed by atoms with Crippen molar-refractivity contribution in [3.8, 4) is 0 Å². The van der Waals surface area contributed by atoms with Crippen LogP contribution in [0, 0.1) is 5.92 Å². The van der Waals surface area contributed by atoms with Crippen LogP contribution in [0.3, 0.4) is 0 Å². The summed E-state index contributed by atoms with van der Waals surface area (Å²) in [4.78, 5) is 11.2. The van der Waals surface area contributed by atoms with Crippen LogP contribution < -0.4 is 0 Å². The molecule has 0 aliphatic rings. The topological polar surface area (TPSA) is 37.3 Å².